The molecule has 0 aromatic carbocycles. The van der Waals surface area contributed by atoms with E-state index in [-0.39, 0.29) is 11.9 Å². The normalized spacial score (nSPS) is 23.4. The molecule has 5 nitrogen and oxygen atoms in total. The lowest BCUT2D eigenvalue weighted by Gasteiger charge is -2.37. The Morgan fingerprint density at radius 3 is 2.88 bits per heavy atom. The van der Waals surface area contributed by atoms with Gasteiger partial charge < -0.3 is 15.0 Å². The summed E-state index contributed by atoms with van der Waals surface area (Å²) in [5.41, 5.74) is 0. The Morgan fingerprint density at radius 2 is 2.29 bits per heavy atom. The van der Waals surface area contributed by atoms with Gasteiger partial charge in [-0.25, -0.2) is 0 Å². The van der Waals surface area contributed by atoms with Crippen molar-refractivity contribution in [2.24, 2.45) is 5.92 Å². The van der Waals surface area contributed by atoms with Gasteiger partial charge in [-0.05, 0) is 5.92 Å². The Balaban J connectivity index is 2.56. The van der Waals surface area contributed by atoms with Crippen LogP contribution in [0.3, 0.4) is 0 Å². The van der Waals surface area contributed by atoms with Gasteiger partial charge >= 0.3 is 0 Å². The minimum Gasteiger partial charge on any atom is -0.384 e. The molecule has 1 rings (SSSR count). The van der Waals surface area contributed by atoms with E-state index < -0.39 is 0 Å². The topological polar surface area (TPSA) is 44.8 Å². The molecule has 1 N–H and O–H groups in total. The maximum Gasteiger partial charge on any atom is 0.240 e. The van der Waals surface area contributed by atoms with Crippen LogP contribution in [0.1, 0.15) is 6.92 Å². The van der Waals surface area contributed by atoms with E-state index in [1.54, 1.807) is 12.0 Å². The van der Waals surface area contributed by atoms with Gasteiger partial charge in [-0.2, -0.15) is 0 Å². The zero-order valence-electron chi connectivity index (χ0n) is 11.4. The second-order valence-corrected chi connectivity index (χ2v) is 5.01. The van der Waals surface area contributed by atoms with Crippen LogP contribution in [-0.4, -0.2) is 75.7 Å². The molecule has 1 amide bonds. The van der Waals surface area contributed by atoms with E-state index in [1.807, 2.05) is 14.1 Å². The predicted octanol–water partition coefficient (Wildman–Crippen LogP) is -0.369. The van der Waals surface area contributed by atoms with Crippen LogP contribution >= 0.6 is 0 Å². The fraction of sp³-hybridized carbons (Fsp3) is 0.917. The summed E-state index contributed by atoms with van der Waals surface area (Å²) in [7, 11) is 5.35. The van der Waals surface area contributed by atoms with Crippen LogP contribution in [0.2, 0.25) is 0 Å². The zero-order chi connectivity index (χ0) is 12.8. The highest BCUT2D eigenvalue weighted by Crippen LogP contribution is 2.09. The summed E-state index contributed by atoms with van der Waals surface area (Å²) in [5.74, 6) is 0.636. The molecule has 0 aliphatic carbocycles. The largest absolute Gasteiger partial charge is 0.384 e. The lowest BCUT2D eigenvalue weighted by Crippen LogP contribution is -2.58. The van der Waals surface area contributed by atoms with Crippen molar-refractivity contribution in [1.29, 1.82) is 0 Å². The number of hydrogen-bond donors (Lipinski definition) is 1. The molecule has 5 heteroatoms. The third-order valence-corrected chi connectivity index (χ3v) is 3.08. The van der Waals surface area contributed by atoms with Crippen LogP contribution in [-0.2, 0) is 9.53 Å². The molecule has 17 heavy (non-hydrogen) atoms. The van der Waals surface area contributed by atoms with Crippen LogP contribution in [0.15, 0.2) is 0 Å². The SMILES string of the molecule is COCC(C)CN1CCNCC1C(=O)N(C)C. The first-order valence-electron chi connectivity index (χ1n) is 6.21. The number of likely N-dealkylation sites (N-methyl/N-ethyl adjacent to an activating group) is 1. The highest BCUT2D eigenvalue weighted by Gasteiger charge is 2.30. The first-order valence-corrected chi connectivity index (χ1v) is 6.21. The van der Waals surface area contributed by atoms with Gasteiger partial charge in [0.1, 0.15) is 6.04 Å². The lowest BCUT2D eigenvalue weighted by molar-refractivity contribution is -0.135. The van der Waals surface area contributed by atoms with Crippen LogP contribution < -0.4 is 5.32 Å². The summed E-state index contributed by atoms with van der Waals surface area (Å²) in [4.78, 5) is 16.0. The Hall–Kier alpha value is -0.650. The third-order valence-electron chi connectivity index (χ3n) is 3.08. The van der Waals surface area contributed by atoms with Crippen molar-refractivity contribution in [1.82, 2.24) is 15.1 Å². The van der Waals surface area contributed by atoms with E-state index in [0.717, 1.165) is 32.8 Å². The smallest absolute Gasteiger partial charge is 0.240 e. The van der Waals surface area contributed by atoms with Gasteiger partial charge in [0.25, 0.3) is 0 Å². The van der Waals surface area contributed by atoms with Crippen molar-refractivity contribution in [3.8, 4) is 0 Å². The molecular formula is C12H25N3O2. The molecule has 1 aliphatic rings. The molecule has 0 saturated carbocycles. The van der Waals surface area contributed by atoms with E-state index >= 15 is 0 Å². The predicted molar refractivity (Wildman–Crippen MR) is 68.0 cm³/mol. The molecule has 0 aromatic heterocycles. The maximum atomic E-state index is 12.1. The van der Waals surface area contributed by atoms with E-state index in [4.69, 9.17) is 4.74 Å². The van der Waals surface area contributed by atoms with E-state index in [2.05, 4.69) is 17.1 Å². The van der Waals surface area contributed by atoms with Crippen LogP contribution in [0.25, 0.3) is 0 Å². The van der Waals surface area contributed by atoms with Gasteiger partial charge in [-0.1, -0.05) is 6.92 Å². The first-order chi connectivity index (χ1) is 8.06. The van der Waals surface area contributed by atoms with Gasteiger partial charge in [0, 0.05) is 54.0 Å². The fourth-order valence-corrected chi connectivity index (χ4v) is 2.24. The van der Waals surface area contributed by atoms with Crippen molar-refractivity contribution in [2.75, 3.05) is 54.0 Å². The molecule has 0 spiro atoms. The number of carbonyl (C=O) groups excluding carboxylic acids is 1. The molecule has 1 aliphatic heterocycles. The molecule has 1 heterocycles. The second-order valence-electron chi connectivity index (χ2n) is 5.01. The molecular weight excluding hydrogens is 218 g/mol. The summed E-state index contributed by atoms with van der Waals surface area (Å²) in [6.07, 6.45) is 0. The summed E-state index contributed by atoms with van der Waals surface area (Å²) < 4.78 is 5.15. The number of rotatable bonds is 5. The van der Waals surface area contributed by atoms with Gasteiger partial charge in [0.15, 0.2) is 0 Å². The Labute approximate surface area is 104 Å². The molecule has 0 aromatic rings. The minimum atomic E-state index is -0.0296. The van der Waals surface area contributed by atoms with E-state index in [1.165, 1.54) is 0 Å². The number of piperazine rings is 1. The summed E-state index contributed by atoms with van der Waals surface area (Å²) >= 11 is 0. The Kier molecular flexibility index (Phi) is 5.88. The molecule has 1 fully saturated rings. The van der Waals surface area contributed by atoms with Crippen molar-refractivity contribution < 1.29 is 9.53 Å². The second kappa shape index (κ2) is 6.93. The summed E-state index contributed by atoms with van der Waals surface area (Å²) in [5, 5.41) is 3.29. The van der Waals surface area contributed by atoms with Crippen LogP contribution in [0, 0.1) is 5.92 Å². The highest BCUT2D eigenvalue weighted by molar-refractivity contribution is 5.81. The van der Waals surface area contributed by atoms with Crippen LogP contribution in [0.4, 0.5) is 0 Å². The summed E-state index contributed by atoms with van der Waals surface area (Å²) in [6.45, 7) is 6.45. The Morgan fingerprint density at radius 1 is 1.59 bits per heavy atom. The van der Waals surface area contributed by atoms with Crippen LogP contribution in [0.5, 0.6) is 0 Å². The molecule has 2 atom stereocenters. The highest BCUT2D eigenvalue weighted by atomic mass is 16.5. The molecule has 0 bridgehead atoms. The summed E-state index contributed by atoms with van der Waals surface area (Å²) in [6, 6.07) is -0.0296. The fourth-order valence-electron chi connectivity index (χ4n) is 2.24. The number of nitrogens with one attached hydrogen (secondary N) is 1. The monoisotopic (exact) mass is 243 g/mol. The molecule has 2 unspecified atom stereocenters. The number of ether oxygens (including phenoxy) is 1. The van der Waals surface area contributed by atoms with E-state index in [9.17, 15) is 4.79 Å². The van der Waals surface area contributed by atoms with Gasteiger partial charge in [-0.3, -0.25) is 9.69 Å². The number of hydrogen-bond acceptors (Lipinski definition) is 4. The lowest BCUT2D eigenvalue weighted by atomic mass is 10.1. The van der Waals surface area contributed by atoms with Crippen molar-refractivity contribution in [3.63, 3.8) is 0 Å². The third kappa shape index (κ3) is 4.26. The first kappa shape index (κ1) is 14.4. The molecule has 100 valence electrons. The average molecular weight is 243 g/mol. The number of methoxy groups -OCH3 is 1. The van der Waals surface area contributed by atoms with Crippen molar-refractivity contribution in [2.45, 2.75) is 13.0 Å². The molecule has 1 saturated heterocycles. The van der Waals surface area contributed by atoms with Crippen molar-refractivity contribution >= 4 is 5.91 Å². The van der Waals surface area contributed by atoms with Gasteiger partial charge in [0.2, 0.25) is 5.91 Å². The maximum absolute atomic E-state index is 12.1. The minimum absolute atomic E-state index is 0.0296. The quantitative estimate of drug-likeness (QED) is 0.716. The zero-order valence-corrected chi connectivity index (χ0v) is 11.4. The number of carbonyl (C=O) groups is 1. The number of amides is 1. The van der Waals surface area contributed by atoms with E-state index in [0.29, 0.717) is 5.92 Å². The molecule has 0 radical (unpaired) electrons. The number of nitrogens with zero attached hydrogens (tertiary/aromatic N) is 2. The van der Waals surface area contributed by atoms with Gasteiger partial charge in [0.05, 0.1) is 0 Å². The average Bonchev–Trinajstić information content (AvgIpc) is 2.29. The Bertz CT molecular complexity index is 246. The standard InChI is InChI=1S/C12H25N3O2/c1-10(9-17-4)8-15-6-5-13-7-11(15)12(16)14(2)3/h10-11,13H,5-9H2,1-4H3. The van der Waals surface area contributed by atoms with Crippen molar-refractivity contribution in [3.05, 3.63) is 0 Å². The van der Waals surface area contributed by atoms with Gasteiger partial charge in [-0.15, -0.1) is 0 Å².